The minimum Gasteiger partial charge on any atom is -0.342 e. The van der Waals surface area contributed by atoms with Crippen LogP contribution in [0.25, 0.3) is 0 Å². The molecule has 0 aliphatic rings. The van der Waals surface area contributed by atoms with Gasteiger partial charge in [-0.05, 0) is 55.8 Å². The molecule has 0 fully saturated rings. The van der Waals surface area contributed by atoms with E-state index in [-0.39, 0.29) is 17.6 Å². The molecule has 0 saturated carbocycles. The molecule has 2 aromatic carbocycles. The fraction of sp³-hybridized carbons (Fsp3) is 0.217. The van der Waals surface area contributed by atoms with Crippen molar-refractivity contribution in [3.63, 3.8) is 0 Å². The second-order valence-corrected chi connectivity index (χ2v) is 9.54. The third-order valence-electron chi connectivity index (χ3n) is 4.67. The highest BCUT2D eigenvalue weighted by atomic mass is 79.9. The van der Waals surface area contributed by atoms with Crippen molar-refractivity contribution in [1.29, 1.82) is 0 Å². The van der Waals surface area contributed by atoms with Crippen LogP contribution in [0.2, 0.25) is 5.02 Å². The lowest BCUT2D eigenvalue weighted by atomic mass is 10.2. The summed E-state index contributed by atoms with van der Waals surface area (Å²) in [5.41, 5.74) is 2.18. The number of anilines is 1. The van der Waals surface area contributed by atoms with E-state index in [1.54, 1.807) is 30.3 Å². The van der Waals surface area contributed by atoms with Crippen molar-refractivity contribution in [2.45, 2.75) is 31.6 Å². The number of aromatic nitrogens is 3. The molecule has 0 aliphatic heterocycles. The molecule has 1 atom stereocenters. The fourth-order valence-electron chi connectivity index (χ4n) is 3.09. The van der Waals surface area contributed by atoms with Crippen LogP contribution >= 0.6 is 39.3 Å². The maximum absolute atomic E-state index is 12.6. The number of nitrogens with zero attached hydrogens (tertiary/aromatic N) is 3. The standard InChI is InChI=1S/C23H23BrClN5O2S/c1-4-10-30-21(15(3)26-22(32)16-6-5-7-18(25)12-16)28-29-23(30)33-13-20(31)27-19-9-8-17(24)11-14(19)2/h4-9,11-12,15H,1,10,13H2,2-3H3,(H,26,32)(H,27,31). The van der Waals surface area contributed by atoms with Gasteiger partial charge in [-0.3, -0.25) is 9.59 Å². The van der Waals surface area contributed by atoms with Crippen molar-refractivity contribution < 1.29 is 9.59 Å². The van der Waals surface area contributed by atoms with Gasteiger partial charge in [0, 0.05) is 27.3 Å². The number of thioether (sulfide) groups is 1. The Morgan fingerprint density at radius 2 is 2.06 bits per heavy atom. The molecule has 0 aliphatic carbocycles. The van der Waals surface area contributed by atoms with Gasteiger partial charge in [-0.1, -0.05) is 51.4 Å². The first kappa shape index (κ1) is 25.0. The van der Waals surface area contributed by atoms with E-state index in [2.05, 4.69) is 43.3 Å². The molecule has 1 aromatic heterocycles. The van der Waals surface area contributed by atoms with Gasteiger partial charge < -0.3 is 15.2 Å². The number of rotatable bonds is 9. The first-order valence-corrected chi connectivity index (χ1v) is 12.2. The molecule has 2 amide bonds. The van der Waals surface area contributed by atoms with Crippen LogP contribution in [0.3, 0.4) is 0 Å². The second-order valence-electron chi connectivity index (χ2n) is 7.24. The number of hydrogen-bond donors (Lipinski definition) is 2. The summed E-state index contributed by atoms with van der Waals surface area (Å²) >= 11 is 10.7. The summed E-state index contributed by atoms with van der Waals surface area (Å²) < 4.78 is 2.78. The number of hydrogen-bond acceptors (Lipinski definition) is 5. The Morgan fingerprint density at radius 1 is 1.27 bits per heavy atom. The summed E-state index contributed by atoms with van der Waals surface area (Å²) in [5.74, 6) is 0.310. The lowest BCUT2D eigenvalue weighted by Crippen LogP contribution is -2.28. The van der Waals surface area contributed by atoms with Crippen LogP contribution in [0, 0.1) is 6.92 Å². The van der Waals surface area contributed by atoms with Gasteiger partial charge >= 0.3 is 0 Å². The zero-order chi connectivity index (χ0) is 24.0. The molecule has 7 nitrogen and oxygen atoms in total. The Kier molecular flexibility index (Phi) is 8.71. The highest BCUT2D eigenvalue weighted by Crippen LogP contribution is 2.23. The van der Waals surface area contributed by atoms with Crippen molar-refractivity contribution in [3.05, 3.63) is 81.6 Å². The summed E-state index contributed by atoms with van der Waals surface area (Å²) in [6, 6.07) is 12.0. The average molecular weight is 549 g/mol. The molecule has 1 unspecified atom stereocenters. The predicted octanol–water partition coefficient (Wildman–Crippen LogP) is 5.41. The van der Waals surface area contributed by atoms with E-state index in [4.69, 9.17) is 11.6 Å². The van der Waals surface area contributed by atoms with Gasteiger partial charge in [-0.25, -0.2) is 0 Å². The molecule has 0 saturated heterocycles. The van der Waals surface area contributed by atoms with Crippen LogP contribution in [0.15, 0.2) is 64.7 Å². The monoisotopic (exact) mass is 547 g/mol. The van der Waals surface area contributed by atoms with E-state index in [0.717, 1.165) is 15.7 Å². The summed E-state index contributed by atoms with van der Waals surface area (Å²) in [6.45, 7) is 7.99. The predicted molar refractivity (Wildman–Crippen MR) is 136 cm³/mol. The Bertz CT molecular complexity index is 1180. The topological polar surface area (TPSA) is 88.9 Å². The fourth-order valence-corrected chi connectivity index (χ4v) is 4.51. The van der Waals surface area contributed by atoms with Crippen LogP contribution < -0.4 is 10.6 Å². The molecule has 33 heavy (non-hydrogen) atoms. The number of aryl methyl sites for hydroxylation is 1. The van der Waals surface area contributed by atoms with Crippen LogP contribution in [0.1, 0.15) is 34.7 Å². The normalized spacial score (nSPS) is 11.6. The first-order valence-electron chi connectivity index (χ1n) is 10.1. The largest absolute Gasteiger partial charge is 0.342 e. The number of carbonyl (C=O) groups excluding carboxylic acids is 2. The lowest BCUT2D eigenvalue weighted by Gasteiger charge is -2.15. The number of amides is 2. The minimum atomic E-state index is -0.419. The van der Waals surface area contributed by atoms with E-state index in [1.165, 1.54) is 11.8 Å². The van der Waals surface area contributed by atoms with Gasteiger partial charge in [0.05, 0.1) is 11.8 Å². The molecule has 2 N–H and O–H groups in total. The van der Waals surface area contributed by atoms with Crippen LogP contribution in [-0.2, 0) is 11.3 Å². The van der Waals surface area contributed by atoms with Crippen molar-refractivity contribution >= 4 is 56.8 Å². The highest BCUT2D eigenvalue weighted by molar-refractivity contribution is 9.10. The van der Waals surface area contributed by atoms with Gasteiger partial charge in [0.1, 0.15) is 0 Å². The quantitative estimate of drug-likeness (QED) is 0.276. The zero-order valence-corrected chi connectivity index (χ0v) is 21.3. The molecule has 0 bridgehead atoms. The second kappa shape index (κ2) is 11.5. The smallest absolute Gasteiger partial charge is 0.251 e. The van der Waals surface area contributed by atoms with E-state index >= 15 is 0 Å². The van der Waals surface area contributed by atoms with E-state index in [1.807, 2.05) is 36.6 Å². The summed E-state index contributed by atoms with van der Waals surface area (Å²) in [5, 5.41) is 15.4. The number of nitrogens with one attached hydrogen (secondary N) is 2. The van der Waals surface area contributed by atoms with Crippen molar-refractivity contribution in [3.8, 4) is 0 Å². The third-order valence-corrected chi connectivity index (χ3v) is 6.37. The molecule has 3 aromatic rings. The molecule has 0 spiro atoms. The van der Waals surface area contributed by atoms with Crippen molar-refractivity contribution in [2.75, 3.05) is 11.1 Å². The van der Waals surface area contributed by atoms with E-state index in [0.29, 0.717) is 28.1 Å². The van der Waals surface area contributed by atoms with Crippen LogP contribution in [0.5, 0.6) is 0 Å². The van der Waals surface area contributed by atoms with Crippen LogP contribution in [-0.4, -0.2) is 32.3 Å². The minimum absolute atomic E-state index is 0.151. The number of halogens is 2. The number of carbonyl (C=O) groups is 2. The molecule has 1 heterocycles. The summed E-state index contributed by atoms with van der Waals surface area (Å²) in [4.78, 5) is 25.1. The van der Waals surface area contributed by atoms with E-state index < -0.39 is 6.04 Å². The van der Waals surface area contributed by atoms with Gasteiger partial charge in [0.15, 0.2) is 11.0 Å². The maximum Gasteiger partial charge on any atom is 0.251 e. The lowest BCUT2D eigenvalue weighted by molar-refractivity contribution is -0.113. The molecular weight excluding hydrogens is 526 g/mol. The Balaban J connectivity index is 1.67. The third kappa shape index (κ3) is 6.69. The van der Waals surface area contributed by atoms with Gasteiger partial charge in [0.25, 0.3) is 5.91 Å². The Hall–Kier alpha value is -2.62. The Labute approximate surface area is 210 Å². The SMILES string of the molecule is C=CCn1c(SCC(=O)Nc2ccc(Br)cc2C)nnc1C(C)NC(=O)c1cccc(Cl)c1. The van der Waals surface area contributed by atoms with Gasteiger partial charge in [-0.2, -0.15) is 0 Å². The molecule has 172 valence electrons. The maximum atomic E-state index is 12.6. The highest BCUT2D eigenvalue weighted by Gasteiger charge is 2.20. The first-order chi connectivity index (χ1) is 15.8. The van der Waals surface area contributed by atoms with Gasteiger partial charge in [0.2, 0.25) is 5.91 Å². The Morgan fingerprint density at radius 3 is 2.76 bits per heavy atom. The molecule has 10 heteroatoms. The zero-order valence-electron chi connectivity index (χ0n) is 18.1. The van der Waals surface area contributed by atoms with Crippen molar-refractivity contribution in [2.24, 2.45) is 0 Å². The van der Waals surface area contributed by atoms with Crippen molar-refractivity contribution in [1.82, 2.24) is 20.1 Å². The van der Waals surface area contributed by atoms with Crippen LogP contribution in [0.4, 0.5) is 5.69 Å². The summed E-state index contributed by atoms with van der Waals surface area (Å²) in [6.07, 6.45) is 1.72. The molecular formula is C23H23BrClN5O2S. The number of benzene rings is 2. The van der Waals surface area contributed by atoms with Gasteiger partial charge in [-0.15, -0.1) is 16.8 Å². The molecule has 3 rings (SSSR count). The molecule has 0 radical (unpaired) electrons. The van der Waals surface area contributed by atoms with E-state index in [9.17, 15) is 9.59 Å². The number of allylic oxidation sites excluding steroid dienone is 1. The average Bonchev–Trinajstić information content (AvgIpc) is 3.17. The summed E-state index contributed by atoms with van der Waals surface area (Å²) in [7, 11) is 0.